The molecule has 0 bridgehead atoms. The van der Waals surface area contributed by atoms with Crippen molar-refractivity contribution in [2.75, 3.05) is 19.8 Å². The van der Waals surface area contributed by atoms with Crippen molar-refractivity contribution in [3.63, 3.8) is 0 Å². The summed E-state index contributed by atoms with van der Waals surface area (Å²) < 4.78 is 26.8. The largest absolute Gasteiger partial charge is 0.480 e. The lowest BCUT2D eigenvalue weighted by Crippen LogP contribution is -2.43. The lowest BCUT2D eigenvalue weighted by molar-refractivity contribution is -0.147. The van der Waals surface area contributed by atoms with Crippen molar-refractivity contribution in [3.8, 4) is 0 Å². The highest BCUT2D eigenvalue weighted by atomic mass is 31.2. The topological polar surface area (TPSA) is 169 Å². The normalized spacial score (nSPS) is 14.3. The van der Waals surface area contributed by atoms with Crippen LogP contribution in [0.2, 0.25) is 0 Å². The summed E-state index contributed by atoms with van der Waals surface area (Å²) in [6.45, 7) is 2.49. The zero-order valence-corrected chi connectivity index (χ0v) is 36.3. The number of aliphatic carboxylic acids is 1. The number of aliphatic hydroxyl groups excluding tert-OH is 1. The molecule has 0 aromatic rings. The average molecular weight is 824 g/mol. The van der Waals surface area contributed by atoms with Crippen molar-refractivity contribution in [1.82, 2.24) is 5.32 Å². The highest BCUT2D eigenvalue weighted by Crippen LogP contribution is 2.43. The third-order valence-corrected chi connectivity index (χ3v) is 9.98. The van der Waals surface area contributed by atoms with E-state index in [1.807, 2.05) is 12.2 Å². The number of allylic oxidation sites excluding steroid dienone is 10. The number of unbranched alkanes of at least 4 members (excludes halogenated alkanes) is 16. The Hall–Kier alpha value is -2.82. The Kier molecular flexibility index (Phi) is 38.0. The molecular formula is C45H78NO10P. The number of hydrogen-bond donors (Lipinski definition) is 4. The number of ether oxygens (including phenoxy) is 1. The van der Waals surface area contributed by atoms with Crippen LogP contribution < -0.4 is 5.32 Å². The number of carboxylic acid groups (broad SMARTS) is 1. The van der Waals surface area contributed by atoms with E-state index < -0.39 is 57.6 Å². The first-order valence-corrected chi connectivity index (χ1v) is 23.3. The maximum Gasteiger partial charge on any atom is 0.472 e. The number of carbonyl (C=O) groups is 3. The molecule has 0 spiro atoms. The highest BCUT2D eigenvalue weighted by molar-refractivity contribution is 7.47. The van der Waals surface area contributed by atoms with Gasteiger partial charge in [0.25, 0.3) is 0 Å². The van der Waals surface area contributed by atoms with Gasteiger partial charge in [-0.2, -0.15) is 0 Å². The van der Waals surface area contributed by atoms with Gasteiger partial charge in [-0.25, -0.2) is 9.36 Å². The van der Waals surface area contributed by atoms with E-state index in [4.69, 9.17) is 13.8 Å². The quantitative estimate of drug-likeness (QED) is 0.0202. The van der Waals surface area contributed by atoms with Gasteiger partial charge in [-0.3, -0.25) is 18.6 Å². The first kappa shape index (κ1) is 54.2. The van der Waals surface area contributed by atoms with Crippen LogP contribution in [0.4, 0.5) is 0 Å². The standard InChI is InChI=1S/C45H78NO10P/c1-3-5-7-9-11-13-15-17-19-21-23-25-27-29-31-33-35-37-44(49)54-38-41(47)39-55-57(52,53)56-40-42(45(50)51)46-43(48)36-34-32-30-28-26-24-22-20-18-16-14-12-10-8-6-4-2/h11,13,17,19-20,22-23,25,29,31,41-42,47H,3-10,12,14-16,18,21,24,26-28,30,32-40H2,1-2H3,(H,46,48)(H,50,51)(H,52,53)/b13-11-,19-17-,22-20-,25-23-,31-29-. The second-order valence-electron chi connectivity index (χ2n) is 14.5. The fraction of sp³-hybridized carbons (Fsp3) is 0.711. The maximum atomic E-state index is 12.3. The molecule has 3 atom stereocenters. The second kappa shape index (κ2) is 40.0. The summed E-state index contributed by atoms with van der Waals surface area (Å²) in [5, 5.41) is 21.8. The van der Waals surface area contributed by atoms with E-state index in [1.165, 1.54) is 64.2 Å². The average Bonchev–Trinajstić information content (AvgIpc) is 3.18. The molecule has 3 unspecified atom stereocenters. The van der Waals surface area contributed by atoms with Gasteiger partial charge in [0.1, 0.15) is 12.7 Å². The molecule has 1 amide bonds. The molecule has 0 fully saturated rings. The van der Waals surface area contributed by atoms with Gasteiger partial charge in [-0.05, 0) is 77.0 Å². The number of aliphatic hydroxyl groups is 1. The minimum atomic E-state index is -4.77. The summed E-state index contributed by atoms with van der Waals surface area (Å²) in [5.41, 5.74) is 0. The van der Waals surface area contributed by atoms with Crippen LogP contribution in [0.3, 0.4) is 0 Å². The van der Waals surface area contributed by atoms with Gasteiger partial charge >= 0.3 is 19.8 Å². The second-order valence-corrected chi connectivity index (χ2v) is 16.0. The molecule has 0 rings (SSSR count). The number of phosphoric ester groups is 1. The number of nitrogens with one attached hydrogen (secondary N) is 1. The number of hydrogen-bond acceptors (Lipinski definition) is 8. The molecule has 0 aliphatic carbocycles. The van der Waals surface area contributed by atoms with Crippen LogP contribution in [0.5, 0.6) is 0 Å². The van der Waals surface area contributed by atoms with Crippen LogP contribution in [0.1, 0.15) is 174 Å². The number of carbonyl (C=O) groups excluding carboxylic acids is 2. The van der Waals surface area contributed by atoms with Gasteiger partial charge in [0.05, 0.1) is 13.2 Å². The summed E-state index contributed by atoms with van der Waals surface area (Å²) in [5.74, 6) is -2.45. The Bertz CT molecular complexity index is 1200. The van der Waals surface area contributed by atoms with Crippen molar-refractivity contribution < 1.29 is 47.8 Å². The molecule has 0 saturated heterocycles. The predicted octanol–water partition coefficient (Wildman–Crippen LogP) is 11.2. The van der Waals surface area contributed by atoms with E-state index in [2.05, 4.69) is 67.8 Å². The molecule has 57 heavy (non-hydrogen) atoms. The van der Waals surface area contributed by atoms with Crippen molar-refractivity contribution in [3.05, 3.63) is 60.8 Å². The lowest BCUT2D eigenvalue weighted by atomic mass is 10.1. The maximum absolute atomic E-state index is 12.3. The summed E-state index contributed by atoms with van der Waals surface area (Å²) in [6, 6.07) is -1.56. The van der Waals surface area contributed by atoms with Gasteiger partial charge in [0.15, 0.2) is 6.04 Å². The van der Waals surface area contributed by atoms with Crippen LogP contribution in [-0.2, 0) is 32.7 Å². The van der Waals surface area contributed by atoms with Gasteiger partial charge in [-0.1, -0.05) is 145 Å². The van der Waals surface area contributed by atoms with Gasteiger partial charge in [0, 0.05) is 12.8 Å². The Morgan fingerprint density at radius 2 is 0.982 bits per heavy atom. The van der Waals surface area contributed by atoms with Crippen molar-refractivity contribution >= 4 is 25.7 Å². The van der Waals surface area contributed by atoms with Crippen LogP contribution in [-0.4, -0.2) is 64.9 Å². The van der Waals surface area contributed by atoms with Crippen molar-refractivity contribution in [2.24, 2.45) is 0 Å². The monoisotopic (exact) mass is 824 g/mol. The van der Waals surface area contributed by atoms with E-state index in [1.54, 1.807) is 0 Å². The molecule has 0 radical (unpaired) electrons. The molecule has 11 nitrogen and oxygen atoms in total. The first-order chi connectivity index (χ1) is 27.6. The zero-order chi connectivity index (χ0) is 42.1. The Morgan fingerprint density at radius 1 is 0.561 bits per heavy atom. The summed E-state index contributed by atoms with van der Waals surface area (Å²) >= 11 is 0. The Morgan fingerprint density at radius 3 is 1.53 bits per heavy atom. The van der Waals surface area contributed by atoms with E-state index in [0.717, 1.165) is 64.2 Å². The van der Waals surface area contributed by atoms with Crippen LogP contribution >= 0.6 is 7.82 Å². The van der Waals surface area contributed by atoms with Crippen LogP contribution in [0.25, 0.3) is 0 Å². The van der Waals surface area contributed by atoms with Crippen LogP contribution in [0, 0.1) is 0 Å². The number of phosphoric acid groups is 1. The molecule has 0 aliphatic rings. The SMILES string of the molecule is CCCCC/C=C\C/C=C\C/C=C\C/C=C\CCCC(=O)OCC(O)COP(=O)(O)OCC(NC(=O)CCCCCCC/C=C\CCCCCCCCC)C(=O)O. The molecule has 4 N–H and O–H groups in total. The van der Waals surface area contributed by atoms with Gasteiger partial charge < -0.3 is 25.2 Å². The molecule has 328 valence electrons. The van der Waals surface area contributed by atoms with E-state index in [9.17, 15) is 34.1 Å². The molecule has 0 heterocycles. The fourth-order valence-electron chi connectivity index (χ4n) is 5.60. The van der Waals surface area contributed by atoms with E-state index in [-0.39, 0.29) is 12.8 Å². The van der Waals surface area contributed by atoms with E-state index >= 15 is 0 Å². The summed E-state index contributed by atoms with van der Waals surface area (Å²) in [7, 11) is -4.77. The fourth-order valence-corrected chi connectivity index (χ4v) is 6.37. The predicted molar refractivity (Wildman–Crippen MR) is 231 cm³/mol. The molecule has 12 heteroatoms. The Labute approximate surface area is 345 Å². The number of amides is 1. The van der Waals surface area contributed by atoms with Gasteiger partial charge in [-0.15, -0.1) is 0 Å². The van der Waals surface area contributed by atoms with Crippen molar-refractivity contribution in [1.29, 1.82) is 0 Å². The van der Waals surface area contributed by atoms with Crippen LogP contribution in [0.15, 0.2) is 60.8 Å². The van der Waals surface area contributed by atoms with Crippen molar-refractivity contribution in [2.45, 2.75) is 187 Å². The first-order valence-electron chi connectivity index (χ1n) is 21.8. The highest BCUT2D eigenvalue weighted by Gasteiger charge is 2.28. The van der Waals surface area contributed by atoms with E-state index in [0.29, 0.717) is 19.3 Å². The van der Waals surface area contributed by atoms with Gasteiger partial charge in [0.2, 0.25) is 5.91 Å². The smallest absolute Gasteiger partial charge is 0.472 e. The molecule has 0 aliphatic heterocycles. The molecular weight excluding hydrogens is 745 g/mol. The molecule has 0 aromatic carbocycles. The lowest BCUT2D eigenvalue weighted by Gasteiger charge is -2.18. The number of esters is 1. The summed E-state index contributed by atoms with van der Waals surface area (Å²) in [6.07, 6.45) is 45.3. The third kappa shape index (κ3) is 39.8. The Balaban J connectivity index is 4.00. The molecule has 0 aromatic heterocycles. The zero-order valence-electron chi connectivity index (χ0n) is 35.4. The summed E-state index contributed by atoms with van der Waals surface area (Å²) in [4.78, 5) is 45.9. The molecule has 0 saturated carbocycles. The number of carboxylic acids is 1. The minimum Gasteiger partial charge on any atom is -0.480 e. The number of rotatable bonds is 40. The minimum absolute atomic E-state index is 0.130. The third-order valence-electron chi connectivity index (χ3n) is 9.03.